The molecule has 0 aliphatic rings. The van der Waals surface area contributed by atoms with Crippen molar-refractivity contribution in [3.05, 3.63) is 35.4 Å². The van der Waals surface area contributed by atoms with E-state index in [1.165, 1.54) is 7.11 Å². The molecule has 0 radical (unpaired) electrons. The first-order valence-corrected chi connectivity index (χ1v) is 7.44. The molecule has 0 spiro atoms. The summed E-state index contributed by atoms with van der Waals surface area (Å²) >= 11 is 0. The van der Waals surface area contributed by atoms with Gasteiger partial charge in [-0.05, 0) is 11.1 Å². The summed E-state index contributed by atoms with van der Waals surface area (Å²) in [6, 6.07) is 7.32. The van der Waals surface area contributed by atoms with Crippen LogP contribution in [0.15, 0.2) is 24.3 Å². The van der Waals surface area contributed by atoms with Crippen LogP contribution < -0.4 is 10.5 Å². The van der Waals surface area contributed by atoms with Gasteiger partial charge in [-0.15, -0.1) is 0 Å². The Hall–Kier alpha value is -1.44. The van der Waals surface area contributed by atoms with Crippen LogP contribution in [0.5, 0.6) is 0 Å². The van der Waals surface area contributed by atoms with Crippen LogP contribution in [0.25, 0.3) is 0 Å². The van der Waals surface area contributed by atoms with E-state index in [0.717, 1.165) is 11.1 Å². The lowest BCUT2D eigenvalue weighted by atomic mass is 10.1. The van der Waals surface area contributed by atoms with Crippen molar-refractivity contribution in [1.82, 2.24) is 4.72 Å². The molecule has 0 heterocycles. The molecule has 1 rings (SSSR count). The van der Waals surface area contributed by atoms with E-state index in [0.29, 0.717) is 6.54 Å². The van der Waals surface area contributed by atoms with Gasteiger partial charge in [0.05, 0.1) is 19.3 Å². The Bertz CT molecular complexity index is 528. The van der Waals surface area contributed by atoms with Crippen molar-refractivity contribution in [3.63, 3.8) is 0 Å². The number of rotatable bonds is 7. The zero-order chi connectivity index (χ0) is 14.3. The second kappa shape index (κ2) is 7.22. The van der Waals surface area contributed by atoms with Crippen molar-refractivity contribution in [2.45, 2.75) is 19.5 Å². The van der Waals surface area contributed by atoms with E-state index in [1.807, 2.05) is 24.3 Å². The number of benzene rings is 1. The monoisotopic (exact) mass is 286 g/mol. The van der Waals surface area contributed by atoms with E-state index >= 15 is 0 Å². The minimum absolute atomic E-state index is 0.162. The molecule has 0 aliphatic carbocycles. The molecule has 0 atom stereocenters. The molecular weight excluding hydrogens is 268 g/mol. The van der Waals surface area contributed by atoms with Crippen LogP contribution in [0.3, 0.4) is 0 Å². The largest absolute Gasteiger partial charge is 0.469 e. The lowest BCUT2D eigenvalue weighted by molar-refractivity contribution is -0.140. The van der Waals surface area contributed by atoms with Gasteiger partial charge in [0.15, 0.2) is 0 Å². The van der Waals surface area contributed by atoms with Crippen LogP contribution in [-0.4, -0.2) is 27.2 Å². The van der Waals surface area contributed by atoms with E-state index in [1.54, 1.807) is 0 Å². The van der Waals surface area contributed by atoms with Gasteiger partial charge in [0, 0.05) is 13.1 Å². The highest BCUT2D eigenvalue weighted by atomic mass is 32.2. The third-order valence-electron chi connectivity index (χ3n) is 2.62. The third kappa shape index (κ3) is 5.37. The Labute approximate surface area is 113 Å². The van der Waals surface area contributed by atoms with Gasteiger partial charge in [0.2, 0.25) is 10.0 Å². The Balaban J connectivity index is 2.57. The molecule has 0 saturated carbocycles. The van der Waals surface area contributed by atoms with Crippen molar-refractivity contribution in [2.75, 3.05) is 12.9 Å². The first-order chi connectivity index (χ1) is 8.98. The Kier molecular flexibility index (Phi) is 5.94. The molecule has 6 nitrogen and oxygen atoms in total. The Morgan fingerprint density at radius 2 is 1.95 bits per heavy atom. The molecule has 0 unspecified atom stereocenters. The fraction of sp³-hybridized carbons (Fsp3) is 0.417. The molecular formula is C12H18N2O4S. The molecule has 19 heavy (non-hydrogen) atoms. The number of hydrogen-bond acceptors (Lipinski definition) is 5. The number of esters is 1. The zero-order valence-electron chi connectivity index (χ0n) is 10.8. The lowest BCUT2D eigenvalue weighted by Crippen LogP contribution is -2.27. The smallest absolute Gasteiger partial charge is 0.306 e. The summed E-state index contributed by atoms with van der Waals surface area (Å²) in [5.41, 5.74) is 7.28. The van der Waals surface area contributed by atoms with Crippen LogP contribution in [0.1, 0.15) is 17.5 Å². The van der Waals surface area contributed by atoms with E-state index in [2.05, 4.69) is 9.46 Å². The molecule has 0 aromatic heterocycles. The average molecular weight is 286 g/mol. The van der Waals surface area contributed by atoms with Crippen molar-refractivity contribution in [2.24, 2.45) is 5.73 Å². The van der Waals surface area contributed by atoms with Gasteiger partial charge in [-0.2, -0.15) is 0 Å². The molecule has 0 saturated heterocycles. The number of hydrogen-bond donors (Lipinski definition) is 2. The quantitative estimate of drug-likeness (QED) is 0.694. The molecule has 0 fully saturated rings. The van der Waals surface area contributed by atoms with Crippen molar-refractivity contribution >= 4 is 16.0 Å². The Morgan fingerprint density at radius 1 is 1.32 bits per heavy atom. The molecule has 0 bridgehead atoms. The van der Waals surface area contributed by atoms with Gasteiger partial charge in [-0.25, -0.2) is 13.1 Å². The van der Waals surface area contributed by atoms with Crippen molar-refractivity contribution < 1.29 is 17.9 Å². The van der Waals surface area contributed by atoms with E-state index < -0.39 is 16.0 Å². The van der Waals surface area contributed by atoms with Crippen molar-refractivity contribution in [3.8, 4) is 0 Å². The fourth-order valence-corrected chi connectivity index (χ4v) is 2.46. The maximum absolute atomic E-state index is 11.7. The van der Waals surface area contributed by atoms with E-state index in [-0.39, 0.29) is 18.7 Å². The molecule has 3 N–H and O–H groups in total. The number of methoxy groups -OCH3 is 1. The molecule has 1 aromatic rings. The molecule has 0 amide bonds. The van der Waals surface area contributed by atoms with Crippen molar-refractivity contribution in [1.29, 1.82) is 0 Å². The predicted molar refractivity (Wildman–Crippen MR) is 71.6 cm³/mol. The normalized spacial score (nSPS) is 11.3. The number of ether oxygens (including phenoxy) is 1. The summed E-state index contributed by atoms with van der Waals surface area (Å²) in [4.78, 5) is 10.9. The molecule has 106 valence electrons. The highest BCUT2D eigenvalue weighted by Crippen LogP contribution is 2.08. The van der Waals surface area contributed by atoms with Crippen LogP contribution in [-0.2, 0) is 32.6 Å². The van der Waals surface area contributed by atoms with Gasteiger partial charge >= 0.3 is 5.97 Å². The minimum Gasteiger partial charge on any atom is -0.469 e. The van der Waals surface area contributed by atoms with Crippen LogP contribution in [0.4, 0.5) is 0 Å². The zero-order valence-corrected chi connectivity index (χ0v) is 11.6. The standard InChI is InChI=1S/C12H18N2O4S/c1-18-12(15)6-7-19(16,17)14-9-11-5-3-2-4-10(11)8-13/h2-5,14H,6-9,13H2,1H3. The van der Waals surface area contributed by atoms with Gasteiger partial charge in [0.25, 0.3) is 0 Å². The SMILES string of the molecule is COC(=O)CCS(=O)(=O)NCc1ccccc1CN. The number of sulfonamides is 1. The van der Waals surface area contributed by atoms with Crippen LogP contribution >= 0.6 is 0 Å². The van der Waals surface area contributed by atoms with Crippen LogP contribution in [0.2, 0.25) is 0 Å². The topological polar surface area (TPSA) is 98.5 Å². The first kappa shape index (κ1) is 15.6. The summed E-state index contributed by atoms with van der Waals surface area (Å²) in [6.45, 7) is 0.511. The predicted octanol–water partition coefficient (Wildman–Crippen LogP) is 0.128. The maximum Gasteiger partial charge on any atom is 0.306 e. The third-order valence-corrected chi connectivity index (χ3v) is 3.95. The maximum atomic E-state index is 11.7. The second-order valence-corrected chi connectivity index (χ2v) is 5.87. The summed E-state index contributed by atoms with van der Waals surface area (Å²) in [5.74, 6) is -0.836. The fourth-order valence-electron chi connectivity index (χ4n) is 1.51. The highest BCUT2D eigenvalue weighted by molar-refractivity contribution is 7.89. The number of carbonyl (C=O) groups is 1. The van der Waals surface area contributed by atoms with Crippen LogP contribution in [0, 0.1) is 0 Å². The number of carbonyl (C=O) groups excluding carboxylic acids is 1. The second-order valence-electron chi connectivity index (χ2n) is 3.94. The number of nitrogens with two attached hydrogens (primary N) is 1. The first-order valence-electron chi connectivity index (χ1n) is 5.79. The van der Waals surface area contributed by atoms with Gasteiger partial charge < -0.3 is 10.5 Å². The summed E-state index contributed by atoms with van der Waals surface area (Å²) in [6.07, 6.45) is -0.162. The molecule has 1 aromatic carbocycles. The summed E-state index contributed by atoms with van der Waals surface area (Å²) < 4.78 is 30.2. The van der Waals surface area contributed by atoms with Gasteiger partial charge in [-0.3, -0.25) is 4.79 Å². The number of nitrogens with one attached hydrogen (secondary N) is 1. The molecule has 0 aliphatic heterocycles. The van der Waals surface area contributed by atoms with E-state index in [4.69, 9.17) is 5.73 Å². The Morgan fingerprint density at radius 3 is 2.53 bits per heavy atom. The van der Waals surface area contributed by atoms with E-state index in [9.17, 15) is 13.2 Å². The van der Waals surface area contributed by atoms with Gasteiger partial charge in [0.1, 0.15) is 0 Å². The minimum atomic E-state index is -3.50. The average Bonchev–Trinajstić information content (AvgIpc) is 2.43. The summed E-state index contributed by atoms with van der Waals surface area (Å²) in [5, 5.41) is 0. The molecule has 7 heteroatoms. The van der Waals surface area contributed by atoms with Gasteiger partial charge in [-0.1, -0.05) is 24.3 Å². The highest BCUT2D eigenvalue weighted by Gasteiger charge is 2.13. The summed E-state index contributed by atoms with van der Waals surface area (Å²) in [7, 11) is -2.28. The lowest BCUT2D eigenvalue weighted by Gasteiger charge is -2.09.